The van der Waals surface area contributed by atoms with Crippen LogP contribution in [0.1, 0.15) is 0 Å². The van der Waals surface area contributed by atoms with Gasteiger partial charge in [0.1, 0.15) is 0 Å². The number of rotatable bonds is 0. The number of hydrogen-bond donors (Lipinski definition) is 0. The molecule has 0 rings (SSSR count). The third-order valence-electron chi connectivity index (χ3n) is 0. The van der Waals surface area contributed by atoms with Gasteiger partial charge in [0.25, 0.3) is 0 Å². The zero-order valence-electron chi connectivity index (χ0n) is 4.61. The predicted octanol–water partition coefficient (Wildman–Crippen LogP) is -3.73. The normalized spacial score (nSPS) is 0. The average molecular weight is 586 g/mol. The summed E-state index contributed by atoms with van der Waals surface area (Å²) >= 11 is 0. The monoisotopic (exact) mass is 582 g/mol. The summed E-state index contributed by atoms with van der Waals surface area (Å²) in [7, 11) is 0. The maximum absolute atomic E-state index is 0. The SMILES string of the molecule is [GaH3].[GaH3].[In+3].[In+3].[O-2].[O-2].[O-2].[O-2].[O-2].[Zn+2].[Zn+2]. The van der Waals surface area contributed by atoms with Gasteiger partial charge in [0.05, 0.1) is 0 Å². The van der Waals surface area contributed by atoms with Crippen molar-refractivity contribution < 1.29 is 66.3 Å². The molecule has 52 valence electrons. The van der Waals surface area contributed by atoms with Gasteiger partial charge in [-0.05, 0) is 0 Å². The molecule has 0 heterocycles. The van der Waals surface area contributed by atoms with Gasteiger partial charge < -0.3 is 27.4 Å². The molecule has 0 aromatic carbocycles. The van der Waals surface area contributed by atoms with Gasteiger partial charge in [0.2, 0.25) is 0 Å². The van der Waals surface area contributed by atoms with Crippen LogP contribution in [-0.4, -0.2) is 91.3 Å². The molecule has 0 aliphatic rings. The fourth-order valence-electron chi connectivity index (χ4n) is 0. The van der Waals surface area contributed by atoms with E-state index < -0.39 is 0 Å². The van der Waals surface area contributed by atoms with E-state index in [4.69, 9.17) is 0 Å². The molecule has 11 heteroatoms. The van der Waals surface area contributed by atoms with Crippen LogP contribution in [-0.2, 0) is 66.3 Å². The zero-order chi connectivity index (χ0) is 0. The predicted molar refractivity (Wildman–Crippen MR) is 34.8 cm³/mol. The smallest absolute Gasteiger partial charge is 2.00 e. The number of hydrogen-bond acceptors (Lipinski definition) is 0. The van der Waals surface area contributed by atoms with E-state index in [9.17, 15) is 0 Å². The molecule has 0 saturated heterocycles. The van der Waals surface area contributed by atoms with Gasteiger partial charge in [0.15, 0.2) is 0 Å². The van der Waals surface area contributed by atoms with Crippen molar-refractivity contribution in [1.29, 1.82) is 0 Å². The van der Waals surface area contributed by atoms with E-state index in [2.05, 4.69) is 0 Å². The van der Waals surface area contributed by atoms with E-state index >= 15 is 0 Å². The molecule has 0 aliphatic carbocycles. The van der Waals surface area contributed by atoms with E-state index in [0.29, 0.717) is 0 Å². The first kappa shape index (κ1) is 181. The molecule has 0 aromatic heterocycles. The van der Waals surface area contributed by atoms with Gasteiger partial charge in [-0.1, -0.05) is 0 Å². The van der Waals surface area contributed by atoms with Crippen LogP contribution in [0.4, 0.5) is 0 Å². The van der Waals surface area contributed by atoms with Crippen molar-refractivity contribution >= 4 is 91.3 Å². The topological polar surface area (TPSA) is 142 Å². The fraction of sp³-hybridized carbons (Fsp3) is 0. The molecule has 11 heavy (non-hydrogen) atoms. The Kier molecular flexibility index (Phi) is 2390. The Morgan fingerprint density at radius 1 is 0.364 bits per heavy atom. The third kappa shape index (κ3) is 124. The molecular formula is H6Ga2In2O5Zn2. The molecule has 0 saturated carbocycles. The first-order valence-electron chi connectivity index (χ1n) is 0. The van der Waals surface area contributed by atoms with Crippen molar-refractivity contribution in [2.75, 3.05) is 0 Å². The van der Waals surface area contributed by atoms with Crippen LogP contribution >= 0.6 is 0 Å². The fourth-order valence-corrected chi connectivity index (χ4v) is 0. The van der Waals surface area contributed by atoms with Crippen molar-refractivity contribution in [1.82, 2.24) is 0 Å². The molecule has 0 aliphatic heterocycles. The molecule has 0 amide bonds. The minimum atomic E-state index is 0. The van der Waals surface area contributed by atoms with E-state index in [-0.39, 0.29) is 158 Å². The van der Waals surface area contributed by atoms with Gasteiger partial charge in [-0.15, -0.1) is 0 Å². The van der Waals surface area contributed by atoms with E-state index in [1.165, 1.54) is 0 Å². The zero-order valence-corrected chi connectivity index (χ0v) is 17.1. The van der Waals surface area contributed by atoms with Gasteiger partial charge in [0, 0.05) is 0 Å². The van der Waals surface area contributed by atoms with Gasteiger partial charge in [-0.25, -0.2) is 0 Å². The second-order valence-electron chi connectivity index (χ2n) is 0. The molecule has 5 nitrogen and oxygen atoms in total. The van der Waals surface area contributed by atoms with Crippen LogP contribution in [0.3, 0.4) is 0 Å². The van der Waals surface area contributed by atoms with Crippen LogP contribution in [0.25, 0.3) is 0 Å². The van der Waals surface area contributed by atoms with Crippen LogP contribution in [0.5, 0.6) is 0 Å². The van der Waals surface area contributed by atoms with Crippen LogP contribution in [0, 0.1) is 0 Å². The van der Waals surface area contributed by atoms with Crippen molar-refractivity contribution in [2.24, 2.45) is 0 Å². The first-order valence-corrected chi connectivity index (χ1v) is 0. The van der Waals surface area contributed by atoms with Gasteiger partial charge in [-0.3, -0.25) is 0 Å². The minimum absolute atomic E-state index is 0. The van der Waals surface area contributed by atoms with Gasteiger partial charge >= 0.3 is 130 Å². The summed E-state index contributed by atoms with van der Waals surface area (Å²) in [4.78, 5) is 0. The summed E-state index contributed by atoms with van der Waals surface area (Å²) in [5.74, 6) is 0. The van der Waals surface area contributed by atoms with Crippen LogP contribution < -0.4 is 0 Å². The Balaban J connectivity index is 0. The second kappa shape index (κ2) is 145. The summed E-state index contributed by atoms with van der Waals surface area (Å²) in [6, 6.07) is 0. The van der Waals surface area contributed by atoms with E-state index in [0.717, 1.165) is 0 Å². The molecule has 0 unspecified atom stereocenters. The summed E-state index contributed by atoms with van der Waals surface area (Å²) in [6.45, 7) is 0. The summed E-state index contributed by atoms with van der Waals surface area (Å²) in [6.07, 6.45) is 0. The maximum atomic E-state index is 0. The minimum Gasteiger partial charge on any atom is -2.00 e. The molecule has 0 bridgehead atoms. The van der Waals surface area contributed by atoms with Crippen LogP contribution in [0.15, 0.2) is 0 Å². The molecule has 0 spiro atoms. The summed E-state index contributed by atoms with van der Waals surface area (Å²) < 4.78 is 0. The van der Waals surface area contributed by atoms with Crippen molar-refractivity contribution in [2.45, 2.75) is 0 Å². The molecule has 0 aromatic rings. The Morgan fingerprint density at radius 2 is 0.364 bits per heavy atom. The summed E-state index contributed by atoms with van der Waals surface area (Å²) in [5.41, 5.74) is 0. The molecule has 0 N–H and O–H groups in total. The maximum Gasteiger partial charge on any atom is 3.00 e. The van der Waals surface area contributed by atoms with E-state index in [1.54, 1.807) is 0 Å². The third-order valence-corrected chi connectivity index (χ3v) is 0. The largest absolute Gasteiger partial charge is 3.00 e. The Labute approximate surface area is 155 Å². The second-order valence-corrected chi connectivity index (χ2v) is 0. The van der Waals surface area contributed by atoms with Crippen LogP contribution in [0.2, 0.25) is 0 Å². The van der Waals surface area contributed by atoms with Crippen molar-refractivity contribution in [3.8, 4) is 0 Å². The summed E-state index contributed by atoms with van der Waals surface area (Å²) in [5, 5.41) is 0. The van der Waals surface area contributed by atoms with Crippen molar-refractivity contribution in [3.05, 3.63) is 0 Å². The van der Waals surface area contributed by atoms with Gasteiger partial charge in [-0.2, -0.15) is 0 Å². The van der Waals surface area contributed by atoms with E-state index in [1.807, 2.05) is 0 Å². The Morgan fingerprint density at radius 3 is 0.364 bits per heavy atom. The quantitative estimate of drug-likeness (QED) is 0.258. The standard InChI is InChI=1S/2Ga.2In.5O.2Zn.6H/q;;2*+3;5*-2;2*+2;;;;;;. The molecule has 0 radical (unpaired) electrons. The molecule has 0 atom stereocenters. The average Bonchev–Trinajstić information content (AvgIpc) is 0. The molecule has 0 fully saturated rings. The Bertz CT molecular complexity index is 20.4. The Hall–Kier alpha value is 4.06. The first-order chi connectivity index (χ1) is 0. The van der Waals surface area contributed by atoms with Crippen molar-refractivity contribution in [3.63, 3.8) is 0 Å². The molecular weight excluding hydrogens is 580 g/mol.